The van der Waals surface area contributed by atoms with Gasteiger partial charge in [0.1, 0.15) is 12.2 Å². The van der Waals surface area contributed by atoms with Crippen molar-refractivity contribution in [2.75, 3.05) is 0 Å². The fourth-order valence-corrected chi connectivity index (χ4v) is 0.230. The van der Waals surface area contributed by atoms with Gasteiger partial charge in [-0.05, 0) is 0 Å². The zero-order valence-electron chi connectivity index (χ0n) is 4.17. The van der Waals surface area contributed by atoms with Gasteiger partial charge in [-0.1, -0.05) is 0 Å². The van der Waals surface area contributed by atoms with E-state index in [1.807, 2.05) is 0 Å². The van der Waals surface area contributed by atoms with Crippen molar-refractivity contribution in [3.63, 3.8) is 0 Å². The lowest BCUT2D eigenvalue weighted by Crippen LogP contribution is -2.06. The van der Waals surface area contributed by atoms with Crippen LogP contribution in [0.1, 0.15) is 6.42 Å². The van der Waals surface area contributed by atoms with Gasteiger partial charge in [0.2, 0.25) is 0 Å². The second-order valence-electron chi connectivity index (χ2n) is 1.35. The highest BCUT2D eigenvalue weighted by Gasteiger charge is 2.29. The van der Waals surface area contributed by atoms with Gasteiger partial charge in [0.15, 0.2) is 0 Å². The largest absolute Gasteiger partial charge is 0.395 e. The van der Waals surface area contributed by atoms with Gasteiger partial charge in [0, 0.05) is 0 Å². The summed E-state index contributed by atoms with van der Waals surface area (Å²) >= 11 is 0. The molecule has 0 aliphatic heterocycles. The lowest BCUT2D eigenvalue weighted by atomic mass is 10.4. The summed E-state index contributed by atoms with van der Waals surface area (Å²) in [4.78, 5) is 0. The summed E-state index contributed by atoms with van der Waals surface area (Å²) in [6.07, 6.45) is -7.19. The van der Waals surface area contributed by atoms with Crippen LogP contribution in [0.25, 0.3) is 0 Å². The molecule has 0 saturated carbocycles. The Bertz CT molecular complexity index is 111. The molecule has 0 heterocycles. The van der Waals surface area contributed by atoms with Crippen molar-refractivity contribution >= 4 is 0 Å². The van der Waals surface area contributed by atoms with Crippen molar-refractivity contribution in [3.05, 3.63) is 12.2 Å². The van der Waals surface area contributed by atoms with Crippen LogP contribution in [0.5, 0.6) is 0 Å². The third-order valence-corrected chi connectivity index (χ3v) is 0.488. The molecule has 0 rings (SSSR count). The quantitative estimate of drug-likeness (QED) is 0.499. The second-order valence-corrected chi connectivity index (χ2v) is 1.35. The molecular formula is C4H3F5. The molecular weight excluding hydrogens is 143 g/mol. The van der Waals surface area contributed by atoms with Crippen LogP contribution < -0.4 is 0 Å². The number of allylic oxidation sites excluding steroid dienone is 1. The molecule has 0 bridgehead atoms. The van der Waals surface area contributed by atoms with Crippen molar-refractivity contribution < 1.29 is 22.0 Å². The Balaban J connectivity index is 3.75. The van der Waals surface area contributed by atoms with Gasteiger partial charge in [-0.15, -0.1) is 0 Å². The summed E-state index contributed by atoms with van der Waals surface area (Å²) in [6, 6.07) is 0. The van der Waals surface area contributed by atoms with E-state index >= 15 is 0 Å². The van der Waals surface area contributed by atoms with Gasteiger partial charge < -0.3 is 0 Å². The molecule has 54 valence electrons. The minimum atomic E-state index is -4.66. The highest BCUT2D eigenvalue weighted by Crippen LogP contribution is 2.24. The predicted octanol–water partition coefficient (Wildman–Crippen LogP) is 2.72. The highest BCUT2D eigenvalue weighted by molar-refractivity contribution is 4.87. The van der Waals surface area contributed by atoms with E-state index in [-0.39, 0.29) is 0 Å². The van der Waals surface area contributed by atoms with Crippen molar-refractivity contribution in [2.45, 2.75) is 12.6 Å². The summed E-state index contributed by atoms with van der Waals surface area (Å²) in [5, 5.41) is 0. The van der Waals surface area contributed by atoms with Gasteiger partial charge in [-0.2, -0.15) is 13.2 Å². The Hall–Kier alpha value is -0.610. The summed E-state index contributed by atoms with van der Waals surface area (Å²) in [5.74, 6) is -1.80. The molecule has 5 heteroatoms. The van der Waals surface area contributed by atoms with Gasteiger partial charge in [0.05, 0.1) is 6.42 Å². The Morgan fingerprint density at radius 1 is 1.33 bits per heavy atom. The van der Waals surface area contributed by atoms with Crippen molar-refractivity contribution in [1.29, 1.82) is 0 Å². The van der Waals surface area contributed by atoms with Crippen molar-refractivity contribution in [3.8, 4) is 0 Å². The number of hydrogen-bond donors (Lipinski definition) is 0. The molecule has 0 saturated heterocycles. The molecule has 0 N–H and O–H groups in total. The number of rotatable bonds is 1. The first kappa shape index (κ1) is 8.39. The zero-order chi connectivity index (χ0) is 7.49. The molecule has 0 radical (unpaired) electrons. The lowest BCUT2D eigenvalue weighted by molar-refractivity contribution is -0.130. The lowest BCUT2D eigenvalue weighted by Gasteiger charge is -2.00. The molecule has 0 fully saturated rings. The molecule has 0 aliphatic rings. The van der Waals surface area contributed by atoms with Crippen LogP contribution in [0.4, 0.5) is 22.0 Å². The Morgan fingerprint density at radius 3 is 1.89 bits per heavy atom. The van der Waals surface area contributed by atoms with E-state index in [4.69, 9.17) is 0 Å². The molecule has 0 amide bonds. The maximum atomic E-state index is 11.4. The zero-order valence-corrected chi connectivity index (χ0v) is 4.17. The molecule has 0 aromatic heterocycles. The summed E-state index contributed by atoms with van der Waals surface area (Å²) in [6.45, 7) is 0. The fourth-order valence-electron chi connectivity index (χ4n) is 0.230. The number of alkyl halides is 3. The molecule has 9 heavy (non-hydrogen) atoms. The predicted molar refractivity (Wildman–Crippen MR) is 21.0 cm³/mol. The maximum Gasteiger partial charge on any atom is 0.395 e. The van der Waals surface area contributed by atoms with Gasteiger partial charge >= 0.3 is 6.18 Å². The van der Waals surface area contributed by atoms with E-state index in [2.05, 4.69) is 0 Å². The number of hydrogen-bond acceptors (Lipinski definition) is 0. The van der Waals surface area contributed by atoms with E-state index in [1.54, 1.807) is 0 Å². The molecule has 0 aromatic carbocycles. The first-order valence-corrected chi connectivity index (χ1v) is 1.97. The molecule has 0 spiro atoms. The van der Waals surface area contributed by atoms with E-state index in [0.29, 0.717) is 0 Å². The maximum absolute atomic E-state index is 11.4. The average Bonchev–Trinajstić information content (AvgIpc) is 1.62. The fraction of sp³-hybridized carbons (Fsp3) is 0.500. The van der Waals surface area contributed by atoms with E-state index < -0.39 is 24.8 Å². The topological polar surface area (TPSA) is 0 Å². The summed E-state index contributed by atoms with van der Waals surface area (Å²) in [7, 11) is 0. The monoisotopic (exact) mass is 146 g/mol. The standard InChI is InChI=1S/C4H3F5/c5-2-3(6)1-4(7,8)9/h2H,1H2. The third-order valence-electron chi connectivity index (χ3n) is 0.488. The first-order chi connectivity index (χ1) is 3.95. The Kier molecular flexibility index (Phi) is 2.61. The molecule has 0 nitrogen and oxygen atoms in total. The van der Waals surface area contributed by atoms with Gasteiger partial charge in [0.25, 0.3) is 0 Å². The molecule has 0 unspecified atom stereocenters. The Morgan fingerprint density at radius 2 is 1.78 bits per heavy atom. The SMILES string of the molecule is FC=C(F)CC(F)(F)F. The van der Waals surface area contributed by atoms with Crippen LogP contribution in [-0.2, 0) is 0 Å². The van der Waals surface area contributed by atoms with Crippen LogP contribution in [0.15, 0.2) is 12.2 Å². The van der Waals surface area contributed by atoms with Crippen LogP contribution >= 0.6 is 0 Å². The summed E-state index contributed by atoms with van der Waals surface area (Å²) < 4.78 is 55.4. The first-order valence-electron chi connectivity index (χ1n) is 1.97. The van der Waals surface area contributed by atoms with Crippen molar-refractivity contribution in [2.24, 2.45) is 0 Å². The van der Waals surface area contributed by atoms with Crippen LogP contribution in [0, 0.1) is 0 Å². The normalized spacial score (nSPS) is 14.1. The molecule has 0 aliphatic carbocycles. The van der Waals surface area contributed by atoms with Gasteiger partial charge in [-0.25, -0.2) is 8.78 Å². The van der Waals surface area contributed by atoms with Gasteiger partial charge in [-0.3, -0.25) is 0 Å². The van der Waals surface area contributed by atoms with E-state index in [9.17, 15) is 22.0 Å². The second kappa shape index (κ2) is 2.80. The third kappa shape index (κ3) is 5.26. The highest BCUT2D eigenvalue weighted by atomic mass is 19.4. The van der Waals surface area contributed by atoms with Crippen LogP contribution in [0.3, 0.4) is 0 Å². The smallest absolute Gasteiger partial charge is 0.213 e. The minimum absolute atomic E-state index is 0.701. The molecule has 0 atom stereocenters. The van der Waals surface area contributed by atoms with Crippen LogP contribution in [-0.4, -0.2) is 6.18 Å². The van der Waals surface area contributed by atoms with Crippen LogP contribution in [0.2, 0.25) is 0 Å². The Labute approximate surface area is 48.0 Å². The average molecular weight is 146 g/mol. The minimum Gasteiger partial charge on any atom is -0.213 e. The summed E-state index contributed by atoms with van der Waals surface area (Å²) in [5.41, 5.74) is 0. The van der Waals surface area contributed by atoms with E-state index in [1.165, 1.54) is 0 Å². The van der Waals surface area contributed by atoms with E-state index in [0.717, 1.165) is 0 Å². The van der Waals surface area contributed by atoms with Crippen molar-refractivity contribution in [1.82, 2.24) is 0 Å². The number of halogens is 5. The molecule has 0 aromatic rings.